The molecule has 0 amide bonds. The molecule has 0 saturated carbocycles. The number of hydrogen-bond donors (Lipinski definition) is 0. The number of benzene rings is 8. The van der Waals surface area contributed by atoms with E-state index in [0.29, 0.717) is 0 Å². The molecular formula is C46H30N2. The average molecular weight is 611 g/mol. The number of para-hydroxylation sites is 3. The monoisotopic (exact) mass is 610 g/mol. The van der Waals surface area contributed by atoms with Gasteiger partial charge in [-0.25, -0.2) is 0 Å². The van der Waals surface area contributed by atoms with Gasteiger partial charge >= 0.3 is 0 Å². The van der Waals surface area contributed by atoms with E-state index >= 15 is 0 Å². The highest BCUT2D eigenvalue weighted by molar-refractivity contribution is 6.22. The Balaban J connectivity index is 1.16. The van der Waals surface area contributed by atoms with Crippen LogP contribution in [0.1, 0.15) is 0 Å². The van der Waals surface area contributed by atoms with E-state index in [2.05, 4.69) is 191 Å². The molecule has 0 unspecified atom stereocenters. The van der Waals surface area contributed by atoms with Crippen LogP contribution in [0.4, 0.5) is 0 Å². The SMILES string of the molecule is c1ccc(-c2ccc(-n3c4ccccc4c4c5cc(-c6ccc7c(c6)c6ccccc6n7-c6ccccc6)ccc5ccc43)cc2)cc1. The predicted octanol–water partition coefficient (Wildman–Crippen LogP) is 12.4. The molecule has 2 heteroatoms. The number of rotatable bonds is 4. The zero-order valence-electron chi connectivity index (χ0n) is 26.2. The predicted molar refractivity (Wildman–Crippen MR) is 203 cm³/mol. The van der Waals surface area contributed by atoms with Gasteiger partial charge in [-0.3, -0.25) is 0 Å². The van der Waals surface area contributed by atoms with E-state index in [4.69, 9.17) is 0 Å². The Morgan fingerprint density at radius 1 is 0.271 bits per heavy atom. The lowest BCUT2D eigenvalue weighted by atomic mass is 9.97. The standard InChI is InChI=1S/C46H30N2/c1-3-11-31(12-4-1)32-21-25-37(26-22-32)48-43-18-10-8-16-39(43)46-40-29-34(20-19-33(40)23-28-45(46)48)35-24-27-44-41(30-35)38-15-7-9-17-42(38)47(44)36-13-5-2-6-14-36/h1-30H. The lowest BCUT2D eigenvalue weighted by Gasteiger charge is -2.11. The maximum absolute atomic E-state index is 2.41. The minimum Gasteiger partial charge on any atom is -0.309 e. The van der Waals surface area contributed by atoms with E-state index < -0.39 is 0 Å². The molecule has 0 spiro atoms. The van der Waals surface area contributed by atoms with E-state index in [1.54, 1.807) is 0 Å². The summed E-state index contributed by atoms with van der Waals surface area (Å²) in [4.78, 5) is 0. The minimum absolute atomic E-state index is 1.16. The van der Waals surface area contributed by atoms with Gasteiger partial charge in [0, 0.05) is 32.9 Å². The maximum Gasteiger partial charge on any atom is 0.0547 e. The van der Waals surface area contributed by atoms with Crippen molar-refractivity contribution < 1.29 is 0 Å². The van der Waals surface area contributed by atoms with Crippen LogP contribution in [0.5, 0.6) is 0 Å². The van der Waals surface area contributed by atoms with Gasteiger partial charge < -0.3 is 9.13 Å². The highest BCUT2D eigenvalue weighted by atomic mass is 15.0. The summed E-state index contributed by atoms with van der Waals surface area (Å²) in [6.07, 6.45) is 0. The van der Waals surface area contributed by atoms with Crippen molar-refractivity contribution in [1.29, 1.82) is 0 Å². The van der Waals surface area contributed by atoms with Gasteiger partial charge in [0.25, 0.3) is 0 Å². The Morgan fingerprint density at radius 3 is 1.52 bits per heavy atom. The molecule has 0 saturated heterocycles. The van der Waals surface area contributed by atoms with Crippen LogP contribution in [0, 0.1) is 0 Å². The summed E-state index contributed by atoms with van der Waals surface area (Å²) >= 11 is 0. The largest absolute Gasteiger partial charge is 0.309 e. The minimum atomic E-state index is 1.16. The van der Waals surface area contributed by atoms with Crippen LogP contribution in [0.3, 0.4) is 0 Å². The Bertz CT molecular complexity index is 2800. The fourth-order valence-corrected chi connectivity index (χ4v) is 7.69. The van der Waals surface area contributed by atoms with Crippen LogP contribution in [0.25, 0.3) is 88.0 Å². The molecule has 10 rings (SSSR count). The summed E-state index contributed by atoms with van der Waals surface area (Å²) in [5.41, 5.74) is 12.1. The first-order chi connectivity index (χ1) is 23.8. The number of aromatic nitrogens is 2. The Labute approximate surface area is 278 Å². The first-order valence-corrected chi connectivity index (χ1v) is 16.5. The van der Waals surface area contributed by atoms with Gasteiger partial charge in [-0.15, -0.1) is 0 Å². The van der Waals surface area contributed by atoms with Crippen molar-refractivity contribution in [1.82, 2.24) is 9.13 Å². The highest BCUT2D eigenvalue weighted by Crippen LogP contribution is 2.40. The Morgan fingerprint density at radius 2 is 0.750 bits per heavy atom. The zero-order valence-corrected chi connectivity index (χ0v) is 26.2. The normalized spacial score (nSPS) is 11.8. The molecule has 0 fully saturated rings. The van der Waals surface area contributed by atoms with Gasteiger partial charge in [0.15, 0.2) is 0 Å². The molecular weight excluding hydrogens is 581 g/mol. The summed E-state index contributed by atoms with van der Waals surface area (Å²) in [7, 11) is 0. The molecule has 10 aromatic rings. The maximum atomic E-state index is 2.41. The fourth-order valence-electron chi connectivity index (χ4n) is 7.69. The third-order valence-electron chi connectivity index (χ3n) is 9.91. The molecule has 2 aromatic heterocycles. The molecule has 0 bridgehead atoms. The number of fused-ring (bicyclic) bond motifs is 8. The zero-order chi connectivity index (χ0) is 31.6. The van der Waals surface area contributed by atoms with Crippen molar-refractivity contribution in [2.24, 2.45) is 0 Å². The van der Waals surface area contributed by atoms with Gasteiger partial charge in [-0.05, 0) is 93.7 Å². The van der Waals surface area contributed by atoms with E-state index in [9.17, 15) is 0 Å². The third-order valence-corrected chi connectivity index (χ3v) is 9.91. The smallest absolute Gasteiger partial charge is 0.0547 e. The highest BCUT2D eigenvalue weighted by Gasteiger charge is 2.17. The lowest BCUT2D eigenvalue weighted by Crippen LogP contribution is -1.93. The molecule has 0 aliphatic heterocycles. The van der Waals surface area contributed by atoms with Gasteiger partial charge in [0.05, 0.1) is 22.1 Å². The topological polar surface area (TPSA) is 9.86 Å². The second-order valence-electron chi connectivity index (χ2n) is 12.6. The van der Waals surface area contributed by atoms with Crippen molar-refractivity contribution >= 4 is 54.4 Å². The van der Waals surface area contributed by atoms with Gasteiger partial charge in [-0.2, -0.15) is 0 Å². The third kappa shape index (κ3) is 4.06. The second kappa shape index (κ2) is 10.6. The first-order valence-electron chi connectivity index (χ1n) is 16.5. The van der Waals surface area contributed by atoms with Gasteiger partial charge in [-0.1, -0.05) is 121 Å². The van der Waals surface area contributed by atoms with Crippen molar-refractivity contribution in [3.63, 3.8) is 0 Å². The average Bonchev–Trinajstić information content (AvgIpc) is 3.68. The van der Waals surface area contributed by atoms with E-state index in [-0.39, 0.29) is 0 Å². The lowest BCUT2D eigenvalue weighted by molar-refractivity contribution is 1.18. The molecule has 0 N–H and O–H groups in total. The molecule has 48 heavy (non-hydrogen) atoms. The summed E-state index contributed by atoms with van der Waals surface area (Å²) < 4.78 is 4.79. The first kappa shape index (κ1) is 26.8. The van der Waals surface area contributed by atoms with Crippen LogP contribution < -0.4 is 0 Å². The molecule has 0 aliphatic rings. The van der Waals surface area contributed by atoms with Crippen LogP contribution in [-0.2, 0) is 0 Å². The summed E-state index contributed by atoms with van der Waals surface area (Å²) in [5.74, 6) is 0. The molecule has 8 aromatic carbocycles. The van der Waals surface area contributed by atoms with Crippen molar-refractivity contribution in [3.8, 4) is 33.6 Å². The molecule has 0 aliphatic carbocycles. The Hall–Kier alpha value is -6.38. The molecule has 0 atom stereocenters. The molecule has 224 valence electrons. The molecule has 0 radical (unpaired) electrons. The molecule has 2 nitrogen and oxygen atoms in total. The van der Waals surface area contributed by atoms with Crippen LogP contribution in [0.15, 0.2) is 182 Å². The number of nitrogens with zero attached hydrogens (tertiary/aromatic N) is 2. The summed E-state index contributed by atoms with van der Waals surface area (Å²) in [5, 5.41) is 7.61. The van der Waals surface area contributed by atoms with Gasteiger partial charge in [0.1, 0.15) is 0 Å². The van der Waals surface area contributed by atoms with Crippen molar-refractivity contribution in [2.45, 2.75) is 0 Å². The van der Waals surface area contributed by atoms with Crippen molar-refractivity contribution in [3.05, 3.63) is 182 Å². The van der Waals surface area contributed by atoms with Crippen molar-refractivity contribution in [2.75, 3.05) is 0 Å². The van der Waals surface area contributed by atoms with Crippen LogP contribution in [0.2, 0.25) is 0 Å². The van der Waals surface area contributed by atoms with Gasteiger partial charge in [0.2, 0.25) is 0 Å². The molecule has 2 heterocycles. The van der Waals surface area contributed by atoms with E-state index in [1.165, 1.54) is 82.3 Å². The van der Waals surface area contributed by atoms with E-state index in [0.717, 1.165) is 5.69 Å². The Kier molecular flexibility index (Phi) is 5.91. The summed E-state index contributed by atoms with van der Waals surface area (Å²) in [6, 6.07) is 66.2. The van der Waals surface area contributed by atoms with Crippen LogP contribution >= 0.6 is 0 Å². The fraction of sp³-hybridized carbons (Fsp3) is 0. The number of hydrogen-bond acceptors (Lipinski definition) is 0. The van der Waals surface area contributed by atoms with E-state index in [1.807, 2.05) is 0 Å². The van der Waals surface area contributed by atoms with Crippen LogP contribution in [-0.4, -0.2) is 9.13 Å². The summed E-state index contributed by atoms with van der Waals surface area (Å²) in [6.45, 7) is 0. The second-order valence-corrected chi connectivity index (χ2v) is 12.6. The quantitative estimate of drug-likeness (QED) is 0.188.